The standard InChI is InChI=1S/C89H150O17P2/c1-5-9-13-17-21-25-29-33-37-39-41-43-47-49-53-57-61-65-69-73-86(91)99-79-84(105-88(93)75-71-67-63-59-55-51-45-35-31-27-23-19-15-11-7-3)81-103-107(95,96)101-77-83(90)78-102-108(97,98)104-82-85(106-89(94)76-72-68-64-60-56-52-46-36-32-28-24-20-16-12-8-4)80-100-87(92)74-70-66-62-58-54-50-48-44-42-40-38-34-30-26-22-18-14-10-6-2/h9,13,21-22,24-26,28,33-34,36-38,41-44,46,49-50,53-54,62,66,83-85,90H,5-8,10-12,14-20,23,27,29-32,35,39-40,45,47-48,51-52,55-61,63-65,67-82H2,1-4H3,(H,95,96)(H,97,98)/b13-9-,25-21-,26-22-,28-24-,37-33-,38-34-,43-41-,44-42-,46-36-,53-49-,54-50-,66-62-/t83-,84-,85-/m1/s1. The van der Waals surface area contributed by atoms with E-state index in [0.717, 1.165) is 148 Å². The lowest BCUT2D eigenvalue weighted by atomic mass is 10.0. The minimum atomic E-state index is -5.01. The van der Waals surface area contributed by atoms with Crippen LogP contribution in [0.25, 0.3) is 0 Å². The second-order valence-electron chi connectivity index (χ2n) is 27.7. The third-order valence-corrected chi connectivity index (χ3v) is 19.2. The predicted molar refractivity (Wildman–Crippen MR) is 445 cm³/mol. The summed E-state index contributed by atoms with van der Waals surface area (Å²) in [5.74, 6) is -2.32. The number of unbranched alkanes of at least 4 members (excludes halogenated alkanes) is 28. The highest BCUT2D eigenvalue weighted by atomic mass is 31.2. The van der Waals surface area contributed by atoms with Crippen molar-refractivity contribution in [3.63, 3.8) is 0 Å². The molecule has 0 bridgehead atoms. The van der Waals surface area contributed by atoms with E-state index in [2.05, 4.69) is 161 Å². The zero-order chi connectivity index (χ0) is 78.9. The Kier molecular flexibility index (Phi) is 76.3. The number of aliphatic hydroxyl groups is 1. The molecule has 0 aromatic carbocycles. The lowest BCUT2D eigenvalue weighted by Gasteiger charge is -2.21. The van der Waals surface area contributed by atoms with E-state index in [9.17, 15) is 43.2 Å². The highest BCUT2D eigenvalue weighted by Crippen LogP contribution is 2.45. The molecule has 0 heterocycles. The van der Waals surface area contributed by atoms with Gasteiger partial charge in [0.15, 0.2) is 12.2 Å². The number of hydrogen-bond donors (Lipinski definition) is 3. The number of carbonyl (C=O) groups is 4. The maximum Gasteiger partial charge on any atom is 0.472 e. The van der Waals surface area contributed by atoms with Gasteiger partial charge in [0, 0.05) is 25.7 Å². The van der Waals surface area contributed by atoms with Crippen molar-refractivity contribution in [2.75, 3.05) is 39.6 Å². The molecule has 0 spiro atoms. The number of phosphoric ester groups is 2. The van der Waals surface area contributed by atoms with Crippen molar-refractivity contribution in [1.82, 2.24) is 0 Å². The summed E-state index contributed by atoms with van der Waals surface area (Å²) < 4.78 is 68.6. The second-order valence-corrected chi connectivity index (χ2v) is 30.6. The molecule has 0 saturated heterocycles. The van der Waals surface area contributed by atoms with E-state index >= 15 is 0 Å². The van der Waals surface area contributed by atoms with Gasteiger partial charge in [0.1, 0.15) is 19.3 Å². The fourth-order valence-corrected chi connectivity index (χ4v) is 12.5. The van der Waals surface area contributed by atoms with E-state index in [1.807, 2.05) is 12.2 Å². The van der Waals surface area contributed by atoms with Crippen LogP contribution in [-0.4, -0.2) is 96.7 Å². The van der Waals surface area contributed by atoms with Crippen LogP contribution < -0.4 is 0 Å². The van der Waals surface area contributed by atoms with E-state index in [0.29, 0.717) is 32.1 Å². The summed E-state index contributed by atoms with van der Waals surface area (Å²) in [6, 6.07) is 0. The van der Waals surface area contributed by atoms with Crippen molar-refractivity contribution in [2.45, 2.75) is 354 Å². The maximum atomic E-state index is 13.1. The average Bonchev–Trinajstić information content (AvgIpc) is 0.923. The number of allylic oxidation sites excluding steroid dienone is 24. The van der Waals surface area contributed by atoms with Gasteiger partial charge in [0.05, 0.1) is 26.4 Å². The second kappa shape index (κ2) is 80.0. The molecule has 618 valence electrons. The molecule has 0 aromatic rings. The van der Waals surface area contributed by atoms with Gasteiger partial charge in [-0.3, -0.25) is 37.3 Å². The monoisotopic (exact) mass is 1550 g/mol. The van der Waals surface area contributed by atoms with Gasteiger partial charge in [-0.2, -0.15) is 0 Å². The third kappa shape index (κ3) is 79.0. The Morgan fingerprint density at radius 2 is 0.500 bits per heavy atom. The molecule has 0 aromatic heterocycles. The van der Waals surface area contributed by atoms with E-state index in [1.165, 1.54) is 103 Å². The lowest BCUT2D eigenvalue weighted by molar-refractivity contribution is -0.161. The van der Waals surface area contributed by atoms with E-state index < -0.39 is 97.5 Å². The molecule has 0 aliphatic heterocycles. The first-order chi connectivity index (χ1) is 52.7. The van der Waals surface area contributed by atoms with Crippen molar-refractivity contribution in [2.24, 2.45) is 0 Å². The third-order valence-electron chi connectivity index (χ3n) is 17.3. The molecule has 108 heavy (non-hydrogen) atoms. The lowest BCUT2D eigenvalue weighted by Crippen LogP contribution is -2.30. The number of esters is 4. The summed E-state index contributed by atoms with van der Waals surface area (Å²) >= 11 is 0. The minimum absolute atomic E-state index is 0.0315. The van der Waals surface area contributed by atoms with E-state index in [4.69, 9.17) is 37.0 Å². The number of rotatable bonds is 78. The van der Waals surface area contributed by atoms with Crippen LogP contribution in [0.15, 0.2) is 146 Å². The van der Waals surface area contributed by atoms with Crippen LogP contribution in [-0.2, 0) is 65.4 Å². The van der Waals surface area contributed by atoms with Crippen molar-refractivity contribution in [3.8, 4) is 0 Å². The van der Waals surface area contributed by atoms with Gasteiger partial charge >= 0.3 is 39.5 Å². The summed E-state index contributed by atoms with van der Waals surface area (Å²) in [5, 5.41) is 10.7. The summed E-state index contributed by atoms with van der Waals surface area (Å²) in [5.41, 5.74) is 0. The van der Waals surface area contributed by atoms with Gasteiger partial charge in [-0.05, 0) is 141 Å². The van der Waals surface area contributed by atoms with E-state index in [-0.39, 0.29) is 25.7 Å². The molecule has 0 amide bonds. The molecule has 0 saturated carbocycles. The smallest absolute Gasteiger partial charge is 0.462 e. The average molecular weight is 1550 g/mol. The summed E-state index contributed by atoms with van der Waals surface area (Å²) in [6.07, 6.45) is 92.5. The molecular weight excluding hydrogens is 1400 g/mol. The largest absolute Gasteiger partial charge is 0.472 e. The van der Waals surface area contributed by atoms with Crippen LogP contribution in [0, 0.1) is 0 Å². The number of phosphoric acid groups is 2. The van der Waals surface area contributed by atoms with Crippen molar-refractivity contribution in [1.29, 1.82) is 0 Å². The number of carbonyl (C=O) groups excluding carboxylic acids is 4. The zero-order valence-corrected chi connectivity index (χ0v) is 69.5. The van der Waals surface area contributed by atoms with Crippen LogP contribution in [0.5, 0.6) is 0 Å². The molecular formula is C89H150O17P2. The Morgan fingerprint density at radius 1 is 0.269 bits per heavy atom. The number of ether oxygens (including phenoxy) is 4. The summed E-state index contributed by atoms with van der Waals surface area (Å²) in [7, 11) is -10.0. The molecule has 2 unspecified atom stereocenters. The first-order valence-corrected chi connectivity index (χ1v) is 45.1. The SMILES string of the molecule is CC/C=C\C/C=C\C/C=C\C/C=C\C/C=C\CCCCCC(=O)OC[C@H](COP(=O)(O)OC[C@@H](O)COP(=O)(O)OC[C@@H](COC(=O)CC/C=C\C/C=C\C/C=C\C/C=C\C/C=C\CCCCC)OC(=O)CCCCCCC/C=C\C/C=C\CCCCC)OC(=O)CCCCCCCCCCCCCCCCC. The molecule has 5 atom stereocenters. The van der Waals surface area contributed by atoms with Crippen LogP contribution in [0.3, 0.4) is 0 Å². The van der Waals surface area contributed by atoms with Crippen molar-refractivity contribution in [3.05, 3.63) is 146 Å². The normalized spacial score (nSPS) is 14.5. The highest BCUT2D eigenvalue weighted by Gasteiger charge is 2.30. The Balaban J connectivity index is 5.47. The topological polar surface area (TPSA) is 237 Å². The highest BCUT2D eigenvalue weighted by molar-refractivity contribution is 7.47. The maximum absolute atomic E-state index is 13.1. The van der Waals surface area contributed by atoms with Gasteiger partial charge in [0.25, 0.3) is 0 Å². The molecule has 0 fully saturated rings. The molecule has 0 rings (SSSR count). The van der Waals surface area contributed by atoms with Gasteiger partial charge < -0.3 is 33.8 Å². The Labute approximate surface area is 656 Å². The molecule has 0 radical (unpaired) electrons. The van der Waals surface area contributed by atoms with Gasteiger partial charge in [-0.1, -0.05) is 315 Å². The van der Waals surface area contributed by atoms with Gasteiger partial charge in [-0.15, -0.1) is 0 Å². The van der Waals surface area contributed by atoms with Gasteiger partial charge in [-0.25, -0.2) is 9.13 Å². The Bertz CT molecular complexity index is 2610. The van der Waals surface area contributed by atoms with Crippen molar-refractivity contribution < 1.29 is 80.2 Å². The fraction of sp³-hybridized carbons (Fsp3) is 0.685. The molecule has 0 aliphatic carbocycles. The first-order valence-electron chi connectivity index (χ1n) is 42.1. The quantitative estimate of drug-likeness (QED) is 0.0169. The molecule has 19 heteroatoms. The van der Waals surface area contributed by atoms with Crippen LogP contribution in [0.4, 0.5) is 0 Å². The summed E-state index contributed by atoms with van der Waals surface area (Å²) in [4.78, 5) is 73.1. The van der Waals surface area contributed by atoms with Crippen LogP contribution in [0.2, 0.25) is 0 Å². The van der Waals surface area contributed by atoms with E-state index in [1.54, 1.807) is 0 Å². The predicted octanol–water partition coefficient (Wildman–Crippen LogP) is 25.0. The zero-order valence-electron chi connectivity index (χ0n) is 67.7. The first kappa shape index (κ1) is 103. The van der Waals surface area contributed by atoms with Crippen LogP contribution >= 0.6 is 15.6 Å². The van der Waals surface area contributed by atoms with Crippen LogP contribution in [0.1, 0.15) is 336 Å². The Hall–Kier alpha value is -5.06. The molecule has 0 aliphatic rings. The minimum Gasteiger partial charge on any atom is -0.462 e. The molecule has 3 N–H and O–H groups in total. The number of aliphatic hydroxyl groups excluding tert-OH is 1. The van der Waals surface area contributed by atoms with Crippen molar-refractivity contribution >= 4 is 39.5 Å². The summed E-state index contributed by atoms with van der Waals surface area (Å²) in [6.45, 7) is 4.60. The Morgan fingerprint density at radius 3 is 0.824 bits per heavy atom. The fourth-order valence-electron chi connectivity index (χ4n) is 10.9. The molecule has 17 nitrogen and oxygen atoms in total. The van der Waals surface area contributed by atoms with Gasteiger partial charge in [0.2, 0.25) is 0 Å². The number of hydrogen-bond acceptors (Lipinski definition) is 15.